The second-order valence-corrected chi connectivity index (χ2v) is 5.72. The summed E-state index contributed by atoms with van der Waals surface area (Å²) in [6.07, 6.45) is 2.07. The van der Waals surface area contributed by atoms with Gasteiger partial charge in [0.2, 0.25) is 0 Å². The van der Waals surface area contributed by atoms with Crippen molar-refractivity contribution in [3.05, 3.63) is 45.9 Å². The predicted molar refractivity (Wildman–Crippen MR) is 86.3 cm³/mol. The maximum atomic E-state index is 11.8. The summed E-state index contributed by atoms with van der Waals surface area (Å²) >= 11 is 1.65. The van der Waals surface area contributed by atoms with Gasteiger partial charge in [-0.25, -0.2) is 4.98 Å². The fourth-order valence-electron chi connectivity index (χ4n) is 1.90. The first-order chi connectivity index (χ1) is 10.7. The number of nitrogens with zero attached hydrogens (tertiary/aromatic N) is 1. The first-order valence-corrected chi connectivity index (χ1v) is 8.16. The summed E-state index contributed by atoms with van der Waals surface area (Å²) < 4.78 is 5.69. The second kappa shape index (κ2) is 8.51. The summed E-state index contributed by atoms with van der Waals surface area (Å²) in [5, 5.41) is 14.5. The van der Waals surface area contributed by atoms with Crippen molar-refractivity contribution >= 4 is 17.2 Å². The molecule has 0 unspecified atom stereocenters. The standard InChI is InChI=1S/C16H20N2O3S/c1-2-4-15-18-13(11-22-15)10-21-14-6-3-5-12(9-14)16(20)17-7-8-19/h3,5-6,9,11,19H,2,4,7-8,10H2,1H3,(H,17,20). The molecule has 0 radical (unpaired) electrons. The highest BCUT2D eigenvalue weighted by Crippen LogP contribution is 2.17. The maximum Gasteiger partial charge on any atom is 0.251 e. The van der Waals surface area contributed by atoms with Crippen LogP contribution in [0.1, 0.15) is 34.4 Å². The zero-order chi connectivity index (χ0) is 15.8. The highest BCUT2D eigenvalue weighted by Gasteiger charge is 2.07. The van der Waals surface area contributed by atoms with Crippen LogP contribution in [0.5, 0.6) is 5.75 Å². The van der Waals surface area contributed by atoms with Gasteiger partial charge < -0.3 is 15.2 Å². The van der Waals surface area contributed by atoms with Crippen molar-refractivity contribution in [3.8, 4) is 5.75 Å². The number of rotatable bonds is 8. The molecule has 1 aromatic carbocycles. The Hall–Kier alpha value is -1.92. The quantitative estimate of drug-likeness (QED) is 0.783. The smallest absolute Gasteiger partial charge is 0.251 e. The average Bonchev–Trinajstić information content (AvgIpc) is 2.99. The van der Waals surface area contributed by atoms with Crippen LogP contribution in [-0.2, 0) is 13.0 Å². The normalized spacial score (nSPS) is 10.5. The Morgan fingerprint density at radius 3 is 3.09 bits per heavy atom. The van der Waals surface area contributed by atoms with Gasteiger partial charge in [0, 0.05) is 17.5 Å². The topological polar surface area (TPSA) is 71.5 Å². The highest BCUT2D eigenvalue weighted by atomic mass is 32.1. The van der Waals surface area contributed by atoms with E-state index in [1.807, 2.05) is 11.4 Å². The molecular weight excluding hydrogens is 300 g/mol. The highest BCUT2D eigenvalue weighted by molar-refractivity contribution is 7.09. The monoisotopic (exact) mass is 320 g/mol. The van der Waals surface area contributed by atoms with Crippen LogP contribution in [-0.4, -0.2) is 29.1 Å². The molecule has 0 saturated carbocycles. The molecule has 1 amide bonds. The number of ether oxygens (including phenoxy) is 1. The Balaban J connectivity index is 1.93. The molecule has 0 aliphatic heterocycles. The van der Waals surface area contributed by atoms with Crippen LogP contribution in [0.4, 0.5) is 0 Å². The molecule has 5 nitrogen and oxygen atoms in total. The third kappa shape index (κ3) is 4.82. The minimum Gasteiger partial charge on any atom is -0.487 e. The minimum absolute atomic E-state index is 0.0775. The Morgan fingerprint density at radius 2 is 2.32 bits per heavy atom. The van der Waals surface area contributed by atoms with Crippen LogP contribution in [0.25, 0.3) is 0 Å². The molecule has 0 atom stereocenters. The molecule has 6 heteroatoms. The van der Waals surface area contributed by atoms with Crippen LogP contribution >= 0.6 is 11.3 Å². The Labute approximate surface area is 134 Å². The average molecular weight is 320 g/mol. The van der Waals surface area contributed by atoms with Gasteiger partial charge in [-0.05, 0) is 31.0 Å². The molecule has 118 valence electrons. The number of aliphatic hydroxyl groups excluding tert-OH is 1. The van der Waals surface area contributed by atoms with E-state index in [1.54, 1.807) is 29.5 Å². The molecule has 22 heavy (non-hydrogen) atoms. The zero-order valence-corrected chi connectivity index (χ0v) is 13.4. The Morgan fingerprint density at radius 1 is 1.45 bits per heavy atom. The van der Waals surface area contributed by atoms with Gasteiger partial charge in [0.05, 0.1) is 17.3 Å². The van der Waals surface area contributed by atoms with Crippen molar-refractivity contribution in [2.24, 2.45) is 0 Å². The number of hydrogen-bond donors (Lipinski definition) is 2. The van der Waals surface area contributed by atoms with Gasteiger partial charge in [0.15, 0.2) is 0 Å². The van der Waals surface area contributed by atoms with E-state index in [-0.39, 0.29) is 19.1 Å². The van der Waals surface area contributed by atoms with Crippen molar-refractivity contribution in [2.75, 3.05) is 13.2 Å². The number of aliphatic hydroxyl groups is 1. The van der Waals surface area contributed by atoms with Crippen LogP contribution in [0.2, 0.25) is 0 Å². The number of nitrogens with one attached hydrogen (secondary N) is 1. The lowest BCUT2D eigenvalue weighted by Crippen LogP contribution is -2.26. The Bertz CT molecular complexity index is 613. The SMILES string of the molecule is CCCc1nc(COc2cccc(C(=O)NCCO)c2)cs1. The van der Waals surface area contributed by atoms with Gasteiger partial charge in [-0.3, -0.25) is 4.79 Å². The third-order valence-corrected chi connectivity index (χ3v) is 3.90. The predicted octanol–water partition coefficient (Wildman–Crippen LogP) is 2.40. The van der Waals surface area contributed by atoms with Gasteiger partial charge >= 0.3 is 0 Å². The summed E-state index contributed by atoms with van der Waals surface area (Å²) in [6, 6.07) is 6.97. The van der Waals surface area contributed by atoms with E-state index in [1.165, 1.54) is 0 Å². The van der Waals surface area contributed by atoms with Crippen LogP contribution in [0, 0.1) is 0 Å². The summed E-state index contributed by atoms with van der Waals surface area (Å²) in [6.45, 7) is 2.68. The molecular formula is C16H20N2O3S. The van der Waals surface area contributed by atoms with E-state index in [4.69, 9.17) is 9.84 Å². The first kappa shape index (κ1) is 16.5. The largest absolute Gasteiger partial charge is 0.487 e. The first-order valence-electron chi connectivity index (χ1n) is 7.28. The van der Waals surface area contributed by atoms with E-state index in [9.17, 15) is 4.79 Å². The number of thiazole rings is 1. The maximum absolute atomic E-state index is 11.8. The molecule has 0 spiro atoms. The van der Waals surface area contributed by atoms with Gasteiger partial charge in [0.1, 0.15) is 12.4 Å². The zero-order valence-electron chi connectivity index (χ0n) is 12.5. The molecule has 1 aromatic heterocycles. The van der Waals surface area contributed by atoms with Crippen LogP contribution < -0.4 is 10.1 Å². The molecule has 0 fully saturated rings. The number of hydrogen-bond acceptors (Lipinski definition) is 5. The molecule has 2 rings (SSSR count). The molecule has 0 aliphatic carbocycles. The van der Waals surface area contributed by atoms with Crippen molar-refractivity contribution in [3.63, 3.8) is 0 Å². The van der Waals surface area contributed by atoms with Crippen LogP contribution in [0.15, 0.2) is 29.6 Å². The lowest BCUT2D eigenvalue weighted by atomic mass is 10.2. The van der Waals surface area contributed by atoms with E-state index < -0.39 is 0 Å². The van der Waals surface area contributed by atoms with Gasteiger partial charge in [-0.1, -0.05) is 13.0 Å². The summed E-state index contributed by atoms with van der Waals surface area (Å²) in [5.74, 6) is 0.403. The number of carbonyl (C=O) groups is 1. The molecule has 2 aromatic rings. The second-order valence-electron chi connectivity index (χ2n) is 4.78. The number of aryl methyl sites for hydroxylation is 1. The molecule has 0 aliphatic rings. The number of amides is 1. The van der Waals surface area contributed by atoms with E-state index in [2.05, 4.69) is 17.2 Å². The van der Waals surface area contributed by atoms with Gasteiger partial charge in [0.25, 0.3) is 5.91 Å². The number of carbonyl (C=O) groups excluding carboxylic acids is 1. The third-order valence-electron chi connectivity index (χ3n) is 2.94. The van der Waals surface area contributed by atoms with Crippen molar-refractivity contribution in [1.82, 2.24) is 10.3 Å². The van der Waals surface area contributed by atoms with Crippen molar-refractivity contribution in [1.29, 1.82) is 0 Å². The molecule has 1 heterocycles. The summed E-state index contributed by atoms with van der Waals surface area (Å²) in [4.78, 5) is 16.3. The fraction of sp³-hybridized carbons (Fsp3) is 0.375. The number of benzene rings is 1. The molecule has 0 saturated heterocycles. The number of aromatic nitrogens is 1. The molecule has 0 bridgehead atoms. The van der Waals surface area contributed by atoms with Gasteiger partial charge in [-0.2, -0.15) is 0 Å². The summed E-state index contributed by atoms with van der Waals surface area (Å²) in [5.41, 5.74) is 1.42. The van der Waals surface area contributed by atoms with Crippen LogP contribution in [0.3, 0.4) is 0 Å². The summed E-state index contributed by atoms with van der Waals surface area (Å²) in [7, 11) is 0. The minimum atomic E-state index is -0.224. The lowest BCUT2D eigenvalue weighted by molar-refractivity contribution is 0.0944. The van der Waals surface area contributed by atoms with Crippen molar-refractivity contribution < 1.29 is 14.6 Å². The van der Waals surface area contributed by atoms with Gasteiger partial charge in [-0.15, -0.1) is 11.3 Å². The lowest BCUT2D eigenvalue weighted by Gasteiger charge is -2.07. The Kier molecular flexibility index (Phi) is 6.36. The van der Waals surface area contributed by atoms with E-state index in [0.717, 1.165) is 23.5 Å². The fourth-order valence-corrected chi connectivity index (χ4v) is 2.78. The molecule has 2 N–H and O–H groups in total. The van der Waals surface area contributed by atoms with E-state index >= 15 is 0 Å². The van der Waals surface area contributed by atoms with Crippen molar-refractivity contribution in [2.45, 2.75) is 26.4 Å². The van der Waals surface area contributed by atoms with E-state index in [0.29, 0.717) is 17.9 Å².